The first-order chi connectivity index (χ1) is 13.8. The Morgan fingerprint density at radius 3 is 2.69 bits per heavy atom. The molecule has 0 saturated carbocycles. The number of hydrogen-bond acceptors (Lipinski definition) is 4. The second-order valence-electron chi connectivity index (χ2n) is 7.57. The van der Waals surface area contributed by atoms with Gasteiger partial charge in [0.1, 0.15) is 5.82 Å². The zero-order valence-electron chi connectivity index (χ0n) is 17.1. The number of piperazine rings is 1. The largest absolute Gasteiger partial charge is 0.351 e. The number of amides is 3. The van der Waals surface area contributed by atoms with Crippen molar-refractivity contribution in [2.75, 3.05) is 25.0 Å². The predicted molar refractivity (Wildman–Crippen MR) is 110 cm³/mol. The molecule has 1 aromatic carbocycles. The lowest BCUT2D eigenvalue weighted by atomic mass is 10.1. The van der Waals surface area contributed by atoms with Crippen LogP contribution in [-0.4, -0.2) is 58.4 Å². The highest BCUT2D eigenvalue weighted by Crippen LogP contribution is 2.25. The summed E-state index contributed by atoms with van der Waals surface area (Å²) in [5.41, 5.74) is 6.33. The Labute approximate surface area is 170 Å². The molecular formula is C21H28FN5O2. The van der Waals surface area contributed by atoms with Gasteiger partial charge in [0.2, 0.25) is 5.91 Å². The Bertz CT molecular complexity index is 853. The smallest absolute Gasteiger partial charge is 0.320 e. The van der Waals surface area contributed by atoms with E-state index in [0.29, 0.717) is 37.6 Å². The quantitative estimate of drug-likeness (QED) is 0.812. The first-order valence-electron chi connectivity index (χ1n) is 9.79. The van der Waals surface area contributed by atoms with Crippen molar-refractivity contribution in [3.8, 4) is 0 Å². The molecule has 0 aliphatic carbocycles. The first kappa shape index (κ1) is 20.9. The summed E-state index contributed by atoms with van der Waals surface area (Å²) in [5, 5.41) is 3.01. The van der Waals surface area contributed by atoms with E-state index in [-0.39, 0.29) is 29.5 Å². The van der Waals surface area contributed by atoms with E-state index < -0.39 is 6.03 Å². The van der Waals surface area contributed by atoms with Crippen LogP contribution in [0.4, 0.5) is 14.9 Å². The summed E-state index contributed by atoms with van der Waals surface area (Å²) in [5.74, 6) is 0.144. The van der Waals surface area contributed by atoms with Crippen LogP contribution in [-0.2, 0) is 11.3 Å². The van der Waals surface area contributed by atoms with E-state index >= 15 is 4.39 Å². The molecule has 1 unspecified atom stereocenters. The first-order valence-corrected chi connectivity index (χ1v) is 9.79. The van der Waals surface area contributed by atoms with Gasteiger partial charge in [-0.3, -0.25) is 14.6 Å². The van der Waals surface area contributed by atoms with E-state index in [1.54, 1.807) is 31.2 Å². The van der Waals surface area contributed by atoms with Crippen LogP contribution in [0, 0.1) is 5.82 Å². The van der Waals surface area contributed by atoms with Crippen LogP contribution in [0.25, 0.3) is 0 Å². The molecule has 2 aliphatic heterocycles. The van der Waals surface area contributed by atoms with E-state index in [4.69, 9.17) is 5.73 Å². The van der Waals surface area contributed by atoms with Gasteiger partial charge in [-0.15, -0.1) is 0 Å². The monoisotopic (exact) mass is 401 g/mol. The highest BCUT2D eigenvalue weighted by Gasteiger charge is 2.27. The van der Waals surface area contributed by atoms with Crippen LogP contribution in [0.1, 0.15) is 26.3 Å². The third kappa shape index (κ3) is 4.59. The summed E-state index contributed by atoms with van der Waals surface area (Å²) < 4.78 is 15.2. The van der Waals surface area contributed by atoms with Gasteiger partial charge in [0.15, 0.2) is 5.82 Å². The van der Waals surface area contributed by atoms with Gasteiger partial charge < -0.3 is 16.0 Å². The van der Waals surface area contributed by atoms with Crippen molar-refractivity contribution in [2.45, 2.75) is 39.4 Å². The number of nitrogens with one attached hydrogen (secondary N) is 1. The van der Waals surface area contributed by atoms with Crippen LogP contribution in [0.2, 0.25) is 0 Å². The van der Waals surface area contributed by atoms with Crippen molar-refractivity contribution in [1.29, 1.82) is 0 Å². The minimum Gasteiger partial charge on any atom is -0.351 e. The van der Waals surface area contributed by atoms with Gasteiger partial charge in [-0.25, -0.2) is 9.18 Å². The number of carbonyl (C=O) groups is 2. The number of nitrogens with zero attached hydrogens (tertiary/aromatic N) is 3. The number of urea groups is 1. The molecule has 0 bridgehead atoms. The van der Waals surface area contributed by atoms with Crippen LogP contribution >= 0.6 is 0 Å². The molecule has 2 atom stereocenters. The van der Waals surface area contributed by atoms with Gasteiger partial charge in [0, 0.05) is 44.7 Å². The van der Waals surface area contributed by atoms with E-state index in [2.05, 4.69) is 10.2 Å². The number of primary amides is 1. The van der Waals surface area contributed by atoms with Gasteiger partial charge in [-0.05, 0) is 26.0 Å². The topological polar surface area (TPSA) is 81.9 Å². The van der Waals surface area contributed by atoms with Crippen molar-refractivity contribution < 1.29 is 14.0 Å². The maximum Gasteiger partial charge on any atom is 0.320 e. The summed E-state index contributed by atoms with van der Waals surface area (Å²) in [6.07, 6.45) is 5.34. The lowest BCUT2D eigenvalue weighted by Gasteiger charge is -2.39. The number of hydrogen-bond donors (Lipinski definition) is 2. The van der Waals surface area contributed by atoms with Crippen molar-refractivity contribution in [3.05, 3.63) is 53.6 Å². The van der Waals surface area contributed by atoms with Crippen LogP contribution in [0.15, 0.2) is 42.2 Å². The Morgan fingerprint density at radius 1 is 1.28 bits per heavy atom. The number of anilines is 1. The van der Waals surface area contributed by atoms with E-state index in [9.17, 15) is 9.59 Å². The third-order valence-electron chi connectivity index (χ3n) is 5.47. The third-order valence-corrected chi connectivity index (χ3v) is 5.47. The molecule has 0 radical (unpaired) electrons. The molecule has 0 spiro atoms. The maximum absolute atomic E-state index is 15.2. The lowest BCUT2D eigenvalue weighted by Crippen LogP contribution is -2.52. The highest BCUT2D eigenvalue weighted by atomic mass is 19.1. The molecule has 3 N–H and O–H groups in total. The van der Waals surface area contributed by atoms with E-state index in [1.165, 1.54) is 4.90 Å². The van der Waals surface area contributed by atoms with Crippen molar-refractivity contribution in [1.82, 2.24) is 14.7 Å². The molecule has 29 heavy (non-hydrogen) atoms. The van der Waals surface area contributed by atoms with E-state index in [1.807, 2.05) is 30.9 Å². The summed E-state index contributed by atoms with van der Waals surface area (Å²) in [6.45, 7) is 7.88. The average molecular weight is 401 g/mol. The van der Waals surface area contributed by atoms with Crippen molar-refractivity contribution in [3.63, 3.8) is 0 Å². The average Bonchev–Trinajstić information content (AvgIpc) is 2.66. The zero-order chi connectivity index (χ0) is 21.1. The second kappa shape index (κ2) is 8.65. The molecule has 0 aromatic heterocycles. The Balaban J connectivity index is 1.75. The Kier molecular flexibility index (Phi) is 6.22. The lowest BCUT2D eigenvalue weighted by molar-refractivity contribution is -0.131. The van der Waals surface area contributed by atoms with Crippen molar-refractivity contribution >= 4 is 17.6 Å². The zero-order valence-corrected chi connectivity index (χ0v) is 17.1. The SMILES string of the molecule is CC(=O)N1CCN(Cc2cccc(NC3=CC=CC(C)N3C(N)=O)c2F)[C@H](C)C1. The number of rotatable bonds is 4. The minimum atomic E-state index is -0.602. The number of nitrogens with two attached hydrogens (primary N) is 1. The minimum absolute atomic E-state index is 0.0666. The van der Waals surface area contributed by atoms with Gasteiger partial charge in [0.05, 0.1) is 11.7 Å². The molecule has 1 aromatic rings. The fourth-order valence-electron chi connectivity index (χ4n) is 3.79. The summed E-state index contributed by atoms with van der Waals surface area (Å²) >= 11 is 0. The summed E-state index contributed by atoms with van der Waals surface area (Å²) in [4.78, 5) is 28.8. The predicted octanol–water partition coefficient (Wildman–Crippen LogP) is 2.47. The van der Waals surface area contributed by atoms with Gasteiger partial charge in [-0.1, -0.05) is 24.3 Å². The summed E-state index contributed by atoms with van der Waals surface area (Å²) in [6, 6.07) is 4.50. The van der Waals surface area contributed by atoms with Gasteiger partial charge in [-0.2, -0.15) is 0 Å². The van der Waals surface area contributed by atoms with Crippen LogP contribution < -0.4 is 11.1 Å². The number of benzene rings is 1. The van der Waals surface area contributed by atoms with Gasteiger partial charge in [0.25, 0.3) is 0 Å². The summed E-state index contributed by atoms with van der Waals surface area (Å²) in [7, 11) is 0. The number of halogens is 1. The van der Waals surface area contributed by atoms with Crippen LogP contribution in [0.5, 0.6) is 0 Å². The highest BCUT2D eigenvalue weighted by molar-refractivity contribution is 5.76. The van der Waals surface area contributed by atoms with Crippen molar-refractivity contribution in [2.24, 2.45) is 5.73 Å². The van der Waals surface area contributed by atoms with Gasteiger partial charge >= 0.3 is 6.03 Å². The second-order valence-corrected chi connectivity index (χ2v) is 7.57. The van der Waals surface area contributed by atoms with E-state index in [0.717, 1.165) is 0 Å². The fourth-order valence-corrected chi connectivity index (χ4v) is 3.79. The number of carbonyl (C=O) groups excluding carboxylic acids is 2. The number of allylic oxidation sites excluding steroid dienone is 2. The molecule has 8 heteroatoms. The molecule has 156 valence electrons. The molecule has 2 heterocycles. The Morgan fingerprint density at radius 2 is 2.03 bits per heavy atom. The molecule has 3 amide bonds. The molecule has 1 saturated heterocycles. The molecule has 3 rings (SSSR count). The standard InChI is InChI=1S/C21H28FN5O2/c1-14-6-4-9-19(27(14)21(23)29)24-18-8-5-7-17(20(18)22)13-25-10-11-26(16(3)28)12-15(25)2/h4-9,14-15,24H,10-13H2,1-3H3,(H2,23,29)/t14?,15-/m1/s1. The Hall–Kier alpha value is -2.87. The fraction of sp³-hybridized carbons (Fsp3) is 0.429. The molecule has 1 fully saturated rings. The normalized spacial score (nSPS) is 22.4. The molecule has 2 aliphatic rings. The molecule has 7 nitrogen and oxygen atoms in total. The maximum atomic E-state index is 15.2. The van der Waals surface area contributed by atoms with Crippen LogP contribution in [0.3, 0.4) is 0 Å². The molecular weight excluding hydrogens is 373 g/mol.